The third-order valence-electron chi connectivity index (χ3n) is 0.774. The molecule has 0 aromatic carbocycles. The van der Waals surface area contributed by atoms with Crippen molar-refractivity contribution in [2.75, 3.05) is 6.26 Å². The first-order valence-corrected chi connectivity index (χ1v) is 5.73. The summed E-state index contributed by atoms with van der Waals surface area (Å²) >= 11 is 9.45. The summed E-state index contributed by atoms with van der Waals surface area (Å²) in [7, 11) is 0. The molecule has 0 aromatic rings. The standard InChI is InChI=1S/C5H6S4/c1-7-4(6)5-8-2-3-9-5/h2-3,6H,1H3. The molecule has 0 bridgehead atoms. The van der Waals surface area contributed by atoms with Gasteiger partial charge in [0, 0.05) is 0 Å². The SMILES string of the molecule is CSC(S)=C1SC=CS1. The van der Waals surface area contributed by atoms with Gasteiger partial charge >= 0.3 is 0 Å². The second kappa shape index (κ2) is 3.91. The molecule has 1 heterocycles. The third kappa shape index (κ3) is 2.18. The van der Waals surface area contributed by atoms with Crippen LogP contribution in [0.5, 0.6) is 0 Å². The van der Waals surface area contributed by atoms with E-state index in [1.54, 1.807) is 35.3 Å². The summed E-state index contributed by atoms with van der Waals surface area (Å²) in [6.45, 7) is 0. The fourth-order valence-electron chi connectivity index (χ4n) is 0.391. The summed E-state index contributed by atoms with van der Waals surface area (Å²) in [6, 6.07) is 0. The Morgan fingerprint density at radius 1 is 1.56 bits per heavy atom. The Labute approximate surface area is 73.3 Å². The molecule has 0 nitrogen and oxygen atoms in total. The van der Waals surface area contributed by atoms with Crippen LogP contribution in [0.15, 0.2) is 19.3 Å². The molecule has 1 aliphatic rings. The van der Waals surface area contributed by atoms with E-state index < -0.39 is 0 Å². The first-order valence-electron chi connectivity index (χ1n) is 2.30. The van der Waals surface area contributed by atoms with Crippen LogP contribution in [-0.2, 0) is 0 Å². The molecule has 1 aliphatic heterocycles. The van der Waals surface area contributed by atoms with Crippen LogP contribution in [0.25, 0.3) is 0 Å². The topological polar surface area (TPSA) is 0 Å². The van der Waals surface area contributed by atoms with Gasteiger partial charge in [-0.3, -0.25) is 0 Å². The van der Waals surface area contributed by atoms with Crippen molar-refractivity contribution in [2.24, 2.45) is 0 Å². The molecule has 0 saturated carbocycles. The van der Waals surface area contributed by atoms with Gasteiger partial charge in [0.2, 0.25) is 0 Å². The zero-order chi connectivity index (χ0) is 6.69. The van der Waals surface area contributed by atoms with Crippen molar-refractivity contribution >= 4 is 47.9 Å². The Hall–Kier alpha value is 0.880. The summed E-state index contributed by atoms with van der Waals surface area (Å²) in [5.74, 6) is 0. The van der Waals surface area contributed by atoms with Crippen LogP contribution < -0.4 is 0 Å². The average Bonchev–Trinajstić information content (AvgIpc) is 2.37. The van der Waals surface area contributed by atoms with E-state index in [0.717, 1.165) is 4.24 Å². The second-order valence-corrected chi connectivity index (χ2v) is 4.96. The van der Waals surface area contributed by atoms with Crippen LogP contribution in [0.4, 0.5) is 0 Å². The molecule has 0 radical (unpaired) electrons. The van der Waals surface area contributed by atoms with Gasteiger partial charge in [0.05, 0.1) is 8.47 Å². The van der Waals surface area contributed by atoms with Crippen LogP contribution in [0.2, 0.25) is 0 Å². The number of thiol groups is 1. The van der Waals surface area contributed by atoms with Gasteiger partial charge in [-0.05, 0) is 17.1 Å². The fraction of sp³-hybridized carbons (Fsp3) is 0.200. The summed E-state index contributed by atoms with van der Waals surface area (Å²) in [5, 5.41) is 4.15. The van der Waals surface area contributed by atoms with E-state index in [1.807, 2.05) is 6.26 Å². The molecule has 0 N–H and O–H groups in total. The highest BCUT2D eigenvalue weighted by Gasteiger charge is 2.05. The van der Waals surface area contributed by atoms with E-state index in [9.17, 15) is 0 Å². The molecule has 50 valence electrons. The Morgan fingerprint density at radius 2 is 2.11 bits per heavy atom. The molecule has 9 heavy (non-hydrogen) atoms. The third-order valence-corrected chi connectivity index (χ3v) is 4.83. The largest absolute Gasteiger partial charge is 0.135 e. The molecule has 0 saturated heterocycles. The van der Waals surface area contributed by atoms with E-state index >= 15 is 0 Å². The number of hydrogen-bond donors (Lipinski definition) is 1. The van der Waals surface area contributed by atoms with Crippen molar-refractivity contribution in [1.29, 1.82) is 0 Å². The molecule has 0 aliphatic carbocycles. The summed E-state index contributed by atoms with van der Waals surface area (Å²) in [6.07, 6.45) is 2.04. The molecule has 0 aromatic heterocycles. The lowest BCUT2D eigenvalue weighted by Gasteiger charge is -1.96. The Morgan fingerprint density at radius 3 is 2.56 bits per heavy atom. The molecule has 0 spiro atoms. The van der Waals surface area contributed by atoms with Gasteiger partial charge in [-0.1, -0.05) is 23.5 Å². The van der Waals surface area contributed by atoms with Gasteiger partial charge in [-0.15, -0.1) is 24.4 Å². The van der Waals surface area contributed by atoms with Gasteiger partial charge in [-0.25, -0.2) is 0 Å². The highest BCUT2D eigenvalue weighted by atomic mass is 32.2. The lowest BCUT2D eigenvalue weighted by atomic mass is 11.2. The van der Waals surface area contributed by atoms with Gasteiger partial charge in [0.25, 0.3) is 0 Å². The Kier molecular flexibility index (Phi) is 3.46. The maximum absolute atomic E-state index is 4.29. The molecule has 1 rings (SSSR count). The molecule has 4 heteroatoms. The van der Waals surface area contributed by atoms with E-state index in [0.29, 0.717) is 0 Å². The summed E-state index contributed by atoms with van der Waals surface area (Å²) in [5.41, 5.74) is 0. The van der Waals surface area contributed by atoms with E-state index in [2.05, 4.69) is 23.4 Å². The monoisotopic (exact) mass is 194 g/mol. The fourth-order valence-corrected chi connectivity index (χ4v) is 3.11. The van der Waals surface area contributed by atoms with Gasteiger partial charge in [-0.2, -0.15) is 0 Å². The molecule has 0 amide bonds. The van der Waals surface area contributed by atoms with Gasteiger partial charge < -0.3 is 0 Å². The molecular weight excluding hydrogens is 188 g/mol. The van der Waals surface area contributed by atoms with Crippen LogP contribution in [0.3, 0.4) is 0 Å². The normalized spacial score (nSPS) is 16.9. The smallest absolute Gasteiger partial charge is 0.0684 e. The van der Waals surface area contributed by atoms with Crippen molar-refractivity contribution in [3.05, 3.63) is 19.3 Å². The maximum atomic E-state index is 4.29. The predicted octanol–water partition coefficient (Wildman–Crippen LogP) is 3.36. The van der Waals surface area contributed by atoms with Gasteiger partial charge in [0.1, 0.15) is 0 Å². The van der Waals surface area contributed by atoms with E-state index in [4.69, 9.17) is 0 Å². The van der Waals surface area contributed by atoms with Crippen molar-refractivity contribution < 1.29 is 0 Å². The predicted molar refractivity (Wildman–Crippen MR) is 53.8 cm³/mol. The average molecular weight is 194 g/mol. The number of thioether (sulfide) groups is 3. The van der Waals surface area contributed by atoms with Crippen LogP contribution >= 0.6 is 47.9 Å². The lowest BCUT2D eigenvalue weighted by Crippen LogP contribution is -1.62. The second-order valence-electron chi connectivity index (χ2n) is 1.30. The van der Waals surface area contributed by atoms with E-state index in [-0.39, 0.29) is 0 Å². The molecule has 0 fully saturated rings. The van der Waals surface area contributed by atoms with E-state index in [1.165, 1.54) is 4.24 Å². The molecular formula is C5H6S4. The quantitative estimate of drug-likeness (QED) is 0.636. The lowest BCUT2D eigenvalue weighted by molar-refractivity contribution is 2.33. The first kappa shape index (κ1) is 7.98. The first-order chi connectivity index (χ1) is 4.34. The number of rotatable bonds is 1. The minimum Gasteiger partial charge on any atom is -0.135 e. The van der Waals surface area contributed by atoms with Crippen molar-refractivity contribution in [2.45, 2.75) is 0 Å². The zero-order valence-corrected chi connectivity index (χ0v) is 8.17. The summed E-state index contributed by atoms with van der Waals surface area (Å²) in [4.78, 5) is 0. The number of hydrogen-bond acceptors (Lipinski definition) is 4. The summed E-state index contributed by atoms with van der Waals surface area (Å²) < 4.78 is 2.42. The van der Waals surface area contributed by atoms with Crippen molar-refractivity contribution in [1.82, 2.24) is 0 Å². The van der Waals surface area contributed by atoms with Crippen molar-refractivity contribution in [3.63, 3.8) is 0 Å². The van der Waals surface area contributed by atoms with Crippen LogP contribution in [0, 0.1) is 0 Å². The molecule has 0 unspecified atom stereocenters. The minimum atomic E-state index is 1.12. The minimum absolute atomic E-state index is 1.12. The van der Waals surface area contributed by atoms with Crippen LogP contribution in [0.1, 0.15) is 0 Å². The zero-order valence-electron chi connectivity index (χ0n) is 4.83. The Balaban J connectivity index is 2.60. The molecule has 0 atom stereocenters. The maximum Gasteiger partial charge on any atom is 0.0684 e. The van der Waals surface area contributed by atoms with Gasteiger partial charge in [0.15, 0.2) is 0 Å². The van der Waals surface area contributed by atoms with Crippen LogP contribution in [-0.4, -0.2) is 6.26 Å². The Bertz CT molecular complexity index is 148. The highest BCUT2D eigenvalue weighted by Crippen LogP contribution is 2.43. The highest BCUT2D eigenvalue weighted by molar-refractivity contribution is 8.29. The van der Waals surface area contributed by atoms with Crippen molar-refractivity contribution in [3.8, 4) is 0 Å².